The molecule has 11 rings (SSSR count). The van der Waals surface area contributed by atoms with Crippen molar-refractivity contribution in [3.8, 4) is 33.7 Å². The lowest BCUT2D eigenvalue weighted by atomic mass is 9.82. The molecule has 2 heterocycles. The number of fused-ring (bicyclic) bond motifs is 10. The summed E-state index contributed by atoms with van der Waals surface area (Å²) in [7, 11) is 0. The lowest BCUT2D eigenvalue weighted by molar-refractivity contribution is 0.620. The number of hydrogen-bond donors (Lipinski definition) is 0. The van der Waals surface area contributed by atoms with Crippen LogP contribution in [0.2, 0.25) is 0 Å². The van der Waals surface area contributed by atoms with Gasteiger partial charge in [-0.2, -0.15) is 0 Å². The standard InChI is InChI=1S/C49H36N2O2/c1-48(2)39-16-10-8-14-33(39)35-24-30(18-21-41(35)48)51(31-19-22-42-36(25-31)34-15-9-11-17-40(34)49(42,3)4)32-20-23-44-37(26-32)38-27-46-43(28-45(38)52-44)50-47(53-46)29-12-6-5-7-13-29/h5-28H,1-4H3. The molecule has 0 saturated heterocycles. The van der Waals surface area contributed by atoms with E-state index in [0.717, 1.165) is 55.7 Å². The zero-order valence-corrected chi connectivity index (χ0v) is 30.1. The van der Waals surface area contributed by atoms with Gasteiger partial charge in [-0.25, -0.2) is 4.98 Å². The second-order valence-electron chi connectivity index (χ2n) is 15.6. The minimum atomic E-state index is -0.0702. The summed E-state index contributed by atoms with van der Waals surface area (Å²) < 4.78 is 12.8. The third-order valence-corrected chi connectivity index (χ3v) is 11.9. The average Bonchev–Trinajstić information content (AvgIpc) is 3.89. The highest BCUT2D eigenvalue weighted by Crippen LogP contribution is 2.53. The second kappa shape index (κ2) is 10.6. The van der Waals surface area contributed by atoms with Gasteiger partial charge in [0, 0.05) is 50.3 Å². The summed E-state index contributed by atoms with van der Waals surface area (Å²) in [6, 6.07) is 52.4. The fourth-order valence-electron chi connectivity index (χ4n) is 9.17. The summed E-state index contributed by atoms with van der Waals surface area (Å²) in [5.41, 5.74) is 17.9. The molecule has 2 aromatic heterocycles. The molecule has 0 bridgehead atoms. The van der Waals surface area contributed by atoms with Gasteiger partial charge >= 0.3 is 0 Å². The molecule has 0 radical (unpaired) electrons. The highest BCUT2D eigenvalue weighted by atomic mass is 16.4. The largest absolute Gasteiger partial charge is 0.456 e. The number of hydrogen-bond acceptors (Lipinski definition) is 4. The first-order chi connectivity index (χ1) is 25.8. The topological polar surface area (TPSA) is 42.4 Å². The van der Waals surface area contributed by atoms with Gasteiger partial charge in [0.25, 0.3) is 0 Å². The Labute approximate surface area is 308 Å². The number of nitrogens with zero attached hydrogens (tertiary/aromatic N) is 2. The molecule has 0 aliphatic heterocycles. The normalized spacial score (nSPS) is 14.7. The van der Waals surface area contributed by atoms with E-state index in [1.54, 1.807) is 0 Å². The van der Waals surface area contributed by atoms with E-state index in [0.29, 0.717) is 5.89 Å². The minimum absolute atomic E-state index is 0.0702. The van der Waals surface area contributed by atoms with Crippen LogP contribution in [0.1, 0.15) is 49.9 Å². The first kappa shape index (κ1) is 30.3. The summed E-state index contributed by atoms with van der Waals surface area (Å²) in [5, 5.41) is 2.03. The number of benzene rings is 7. The Morgan fingerprint density at radius 2 is 0.962 bits per heavy atom. The van der Waals surface area contributed by atoms with Crippen molar-refractivity contribution < 1.29 is 8.83 Å². The van der Waals surface area contributed by atoms with Crippen LogP contribution in [0.3, 0.4) is 0 Å². The van der Waals surface area contributed by atoms with E-state index in [4.69, 9.17) is 13.8 Å². The Balaban J connectivity index is 1.12. The first-order valence-electron chi connectivity index (χ1n) is 18.4. The number of anilines is 3. The highest BCUT2D eigenvalue weighted by molar-refractivity contribution is 6.10. The van der Waals surface area contributed by atoms with Crippen molar-refractivity contribution in [2.24, 2.45) is 0 Å². The van der Waals surface area contributed by atoms with Gasteiger partial charge in [-0.15, -0.1) is 0 Å². The maximum Gasteiger partial charge on any atom is 0.227 e. The molecule has 0 spiro atoms. The predicted octanol–water partition coefficient (Wildman–Crippen LogP) is 13.5. The molecule has 2 aliphatic carbocycles. The summed E-state index contributed by atoms with van der Waals surface area (Å²) in [6.07, 6.45) is 0. The predicted molar refractivity (Wildman–Crippen MR) is 217 cm³/mol. The SMILES string of the molecule is CC1(C)c2ccccc2-c2cc(N(c3ccc4c(c3)-c3ccccc3C4(C)C)c3ccc4oc5cc6nc(-c7ccccc7)oc6cc5c4c3)ccc21. The summed E-state index contributed by atoms with van der Waals surface area (Å²) in [6.45, 7) is 9.34. The van der Waals surface area contributed by atoms with Gasteiger partial charge in [0.05, 0.1) is 0 Å². The van der Waals surface area contributed by atoms with Crippen LogP contribution in [0, 0.1) is 0 Å². The molecule has 0 unspecified atom stereocenters. The maximum atomic E-state index is 6.47. The van der Waals surface area contributed by atoms with Gasteiger partial charge in [-0.05, 0) is 105 Å². The molecule has 0 amide bonds. The van der Waals surface area contributed by atoms with Gasteiger partial charge in [0.2, 0.25) is 5.89 Å². The molecule has 0 saturated carbocycles. The smallest absolute Gasteiger partial charge is 0.227 e. The second-order valence-corrected chi connectivity index (χ2v) is 15.6. The van der Waals surface area contributed by atoms with E-state index < -0.39 is 0 Å². The molecule has 9 aromatic rings. The first-order valence-corrected chi connectivity index (χ1v) is 18.4. The molecule has 0 fully saturated rings. The van der Waals surface area contributed by atoms with Crippen LogP contribution < -0.4 is 4.90 Å². The Kier molecular flexibility index (Phi) is 6.04. The van der Waals surface area contributed by atoms with Crippen LogP contribution in [-0.2, 0) is 10.8 Å². The molecule has 4 nitrogen and oxygen atoms in total. The van der Waals surface area contributed by atoms with E-state index in [1.807, 2.05) is 36.4 Å². The Morgan fingerprint density at radius 3 is 1.60 bits per heavy atom. The van der Waals surface area contributed by atoms with Crippen molar-refractivity contribution >= 4 is 50.1 Å². The van der Waals surface area contributed by atoms with Crippen molar-refractivity contribution in [2.45, 2.75) is 38.5 Å². The van der Waals surface area contributed by atoms with E-state index >= 15 is 0 Å². The minimum Gasteiger partial charge on any atom is -0.456 e. The highest BCUT2D eigenvalue weighted by Gasteiger charge is 2.37. The maximum absolute atomic E-state index is 6.47. The van der Waals surface area contributed by atoms with E-state index in [1.165, 1.54) is 44.5 Å². The Hall–Kier alpha value is -6.39. The number of aromatic nitrogens is 1. The van der Waals surface area contributed by atoms with Crippen molar-refractivity contribution in [1.29, 1.82) is 0 Å². The van der Waals surface area contributed by atoms with Crippen LogP contribution in [0.15, 0.2) is 154 Å². The van der Waals surface area contributed by atoms with E-state index in [9.17, 15) is 0 Å². The Morgan fingerprint density at radius 1 is 0.434 bits per heavy atom. The van der Waals surface area contributed by atoms with Crippen LogP contribution in [-0.4, -0.2) is 4.98 Å². The zero-order chi connectivity index (χ0) is 35.6. The van der Waals surface area contributed by atoms with Crippen LogP contribution in [0.5, 0.6) is 0 Å². The van der Waals surface area contributed by atoms with Crippen molar-refractivity contribution in [3.05, 3.63) is 168 Å². The fourth-order valence-corrected chi connectivity index (χ4v) is 9.17. The summed E-state index contributed by atoms with van der Waals surface area (Å²) >= 11 is 0. The van der Waals surface area contributed by atoms with Crippen LogP contribution >= 0.6 is 0 Å². The molecule has 2 aliphatic rings. The summed E-state index contributed by atoms with van der Waals surface area (Å²) in [5.74, 6) is 0.604. The molecule has 0 atom stereocenters. The Bertz CT molecular complexity index is 2860. The lowest BCUT2D eigenvalue weighted by Crippen LogP contribution is -2.16. The van der Waals surface area contributed by atoms with Crippen LogP contribution in [0.4, 0.5) is 17.1 Å². The molecule has 7 aromatic carbocycles. The van der Waals surface area contributed by atoms with E-state index in [-0.39, 0.29) is 10.8 Å². The number of oxazole rings is 1. The molecular formula is C49H36N2O2. The fraction of sp³-hybridized carbons (Fsp3) is 0.122. The van der Waals surface area contributed by atoms with Gasteiger partial charge < -0.3 is 13.7 Å². The monoisotopic (exact) mass is 684 g/mol. The third-order valence-electron chi connectivity index (χ3n) is 11.9. The van der Waals surface area contributed by atoms with Gasteiger partial charge in [-0.3, -0.25) is 0 Å². The zero-order valence-electron chi connectivity index (χ0n) is 30.1. The quantitative estimate of drug-likeness (QED) is 0.185. The third kappa shape index (κ3) is 4.27. The van der Waals surface area contributed by atoms with Crippen LogP contribution in [0.25, 0.3) is 66.7 Å². The number of furan rings is 1. The lowest BCUT2D eigenvalue weighted by Gasteiger charge is -2.28. The van der Waals surface area contributed by atoms with Crippen molar-refractivity contribution in [3.63, 3.8) is 0 Å². The van der Waals surface area contributed by atoms with Gasteiger partial charge in [0.1, 0.15) is 16.7 Å². The van der Waals surface area contributed by atoms with Gasteiger partial charge in [-0.1, -0.05) is 107 Å². The summed E-state index contributed by atoms with van der Waals surface area (Å²) in [4.78, 5) is 7.21. The number of rotatable bonds is 4. The van der Waals surface area contributed by atoms with Gasteiger partial charge in [0.15, 0.2) is 5.58 Å². The molecular weight excluding hydrogens is 649 g/mol. The molecule has 4 heteroatoms. The average molecular weight is 685 g/mol. The molecule has 254 valence electrons. The van der Waals surface area contributed by atoms with E-state index in [2.05, 4.69) is 142 Å². The molecule has 53 heavy (non-hydrogen) atoms. The molecule has 0 N–H and O–H groups in total. The van der Waals surface area contributed by atoms with Crippen molar-refractivity contribution in [2.75, 3.05) is 4.90 Å². The van der Waals surface area contributed by atoms with Crippen molar-refractivity contribution in [1.82, 2.24) is 4.98 Å².